The molecule has 6 nitrogen and oxygen atoms in total. The summed E-state index contributed by atoms with van der Waals surface area (Å²) in [7, 11) is -4.02. The number of carbonyl (C=O) groups excluding carboxylic acids is 1. The monoisotopic (exact) mass is 315 g/mol. The smallest absolute Gasteiger partial charge is 0.319 e. The molecule has 0 amide bonds. The molecule has 0 unspecified atom stereocenters. The first-order chi connectivity index (χ1) is 9.81. The highest BCUT2D eigenvalue weighted by Crippen LogP contribution is 2.08. The molecule has 0 aromatic heterocycles. The van der Waals surface area contributed by atoms with E-state index in [1.807, 2.05) is 6.92 Å². The number of hydrogen-bond donors (Lipinski definition) is 2. The van der Waals surface area contributed by atoms with Crippen molar-refractivity contribution in [3.63, 3.8) is 0 Å². The van der Waals surface area contributed by atoms with Crippen molar-refractivity contribution in [2.24, 2.45) is 0 Å². The lowest BCUT2D eigenvalue weighted by atomic mass is 10.2. The molecule has 1 rings (SSSR count). The van der Waals surface area contributed by atoms with Crippen molar-refractivity contribution < 1.29 is 22.5 Å². The van der Waals surface area contributed by atoms with Crippen molar-refractivity contribution >= 4 is 16.1 Å². The van der Waals surface area contributed by atoms with Crippen molar-refractivity contribution in [3.8, 4) is 0 Å². The van der Waals surface area contributed by atoms with Gasteiger partial charge in [0.2, 0.25) is 0 Å². The largest absolute Gasteiger partial charge is 0.465 e. The van der Waals surface area contributed by atoms with Crippen LogP contribution in [0.15, 0.2) is 41.8 Å². The number of ether oxygens (including phenoxy) is 1. The van der Waals surface area contributed by atoms with Crippen LogP contribution >= 0.6 is 0 Å². The summed E-state index contributed by atoms with van der Waals surface area (Å²) in [5.41, 5.74) is 0.956. The van der Waals surface area contributed by atoms with E-state index in [-0.39, 0.29) is 17.4 Å². The van der Waals surface area contributed by atoms with Crippen LogP contribution in [-0.2, 0) is 19.6 Å². The highest BCUT2D eigenvalue weighted by Gasteiger charge is 2.06. The molecule has 0 aliphatic rings. The second-order valence-corrected chi connectivity index (χ2v) is 5.43. The number of carbonyl (C=O) groups is 1. The number of aryl methyl sites for hydroxylation is 1. The first kappa shape index (κ1) is 19.3. The Morgan fingerprint density at radius 2 is 1.95 bits per heavy atom. The van der Waals surface area contributed by atoms with E-state index in [4.69, 9.17) is 4.55 Å². The number of nitrogens with one attached hydrogen (secondary N) is 1. The summed E-state index contributed by atoms with van der Waals surface area (Å²) in [4.78, 5) is 10.5. The van der Waals surface area contributed by atoms with Gasteiger partial charge in [-0.2, -0.15) is 8.42 Å². The fourth-order valence-corrected chi connectivity index (χ4v) is 1.68. The molecular weight excluding hydrogens is 294 g/mol. The zero-order valence-electron chi connectivity index (χ0n) is 12.2. The summed E-state index contributed by atoms with van der Waals surface area (Å²) in [5, 5.41) is 2.83. The van der Waals surface area contributed by atoms with E-state index in [0.29, 0.717) is 13.2 Å². The van der Waals surface area contributed by atoms with E-state index in [1.165, 1.54) is 12.1 Å². The fourth-order valence-electron chi connectivity index (χ4n) is 1.20. The van der Waals surface area contributed by atoms with Crippen molar-refractivity contribution in [2.45, 2.75) is 18.7 Å². The Kier molecular flexibility index (Phi) is 9.27. The molecule has 7 heteroatoms. The van der Waals surface area contributed by atoms with Gasteiger partial charge in [-0.15, -0.1) is 6.58 Å². The molecule has 0 atom stereocenters. The summed E-state index contributed by atoms with van der Waals surface area (Å²) >= 11 is 0. The van der Waals surface area contributed by atoms with Gasteiger partial charge in [0.05, 0.1) is 18.0 Å². The quantitative estimate of drug-likeness (QED) is 0.358. The van der Waals surface area contributed by atoms with E-state index in [2.05, 4.69) is 16.6 Å². The van der Waals surface area contributed by atoms with Gasteiger partial charge in [-0.05, 0) is 26.0 Å². The maximum absolute atomic E-state index is 10.6. The average molecular weight is 315 g/mol. The molecule has 0 spiro atoms. The fraction of sp³-hybridized carbons (Fsp3) is 0.357. The van der Waals surface area contributed by atoms with Gasteiger partial charge in [-0.25, -0.2) is 0 Å². The topological polar surface area (TPSA) is 92.7 Å². The molecule has 0 saturated heterocycles. The van der Waals surface area contributed by atoms with E-state index in [1.54, 1.807) is 25.1 Å². The van der Waals surface area contributed by atoms with Crippen LogP contribution in [-0.4, -0.2) is 38.6 Å². The molecule has 0 radical (unpaired) electrons. The summed E-state index contributed by atoms with van der Waals surface area (Å²) < 4.78 is 34.2. The second kappa shape index (κ2) is 10.1. The molecule has 0 aliphatic carbocycles. The van der Waals surface area contributed by atoms with Crippen LogP contribution in [0.3, 0.4) is 0 Å². The van der Waals surface area contributed by atoms with Gasteiger partial charge in [0.25, 0.3) is 10.1 Å². The minimum Gasteiger partial charge on any atom is -0.465 e. The molecule has 1 aromatic carbocycles. The Bertz CT molecular complexity index is 537. The van der Waals surface area contributed by atoms with Crippen LogP contribution in [0.25, 0.3) is 0 Å². The minimum atomic E-state index is -4.02. The molecule has 1 aromatic rings. The predicted molar refractivity (Wildman–Crippen MR) is 80.7 cm³/mol. The van der Waals surface area contributed by atoms with Crippen LogP contribution in [0.2, 0.25) is 0 Å². The number of rotatable bonds is 6. The van der Waals surface area contributed by atoms with E-state index >= 15 is 0 Å². The van der Waals surface area contributed by atoms with Crippen LogP contribution in [0.1, 0.15) is 12.5 Å². The maximum atomic E-state index is 10.6. The maximum Gasteiger partial charge on any atom is 0.319 e. The average Bonchev–Trinajstić information content (AvgIpc) is 2.39. The first-order valence-corrected chi connectivity index (χ1v) is 7.76. The van der Waals surface area contributed by atoms with Crippen LogP contribution in [0, 0.1) is 6.92 Å². The van der Waals surface area contributed by atoms with Gasteiger partial charge in [0.15, 0.2) is 0 Å². The third kappa shape index (κ3) is 9.78. The molecule has 0 bridgehead atoms. The Labute approximate surface area is 125 Å². The molecule has 2 N–H and O–H groups in total. The summed E-state index contributed by atoms with van der Waals surface area (Å²) in [6.07, 6.45) is 1.69. The lowest BCUT2D eigenvalue weighted by Crippen LogP contribution is -2.24. The number of benzene rings is 1. The molecule has 0 heterocycles. The summed E-state index contributed by atoms with van der Waals surface area (Å²) in [5.74, 6) is -0.218. The van der Waals surface area contributed by atoms with Crippen LogP contribution in [0.5, 0.6) is 0 Å². The van der Waals surface area contributed by atoms with E-state index in [9.17, 15) is 13.2 Å². The molecule has 0 aliphatic heterocycles. The van der Waals surface area contributed by atoms with Gasteiger partial charge in [-0.1, -0.05) is 23.8 Å². The first-order valence-electron chi connectivity index (χ1n) is 6.32. The molecule has 21 heavy (non-hydrogen) atoms. The molecular formula is C14H21NO5S. The SMILES string of the molecule is C=CCNCC(=O)OCC.Cc1ccc(S(=O)(=O)O)cc1. The normalized spacial score (nSPS) is 10.2. The third-order valence-electron chi connectivity index (χ3n) is 2.18. The van der Waals surface area contributed by atoms with Crippen molar-refractivity contribution in [3.05, 3.63) is 42.5 Å². The van der Waals surface area contributed by atoms with E-state index < -0.39 is 10.1 Å². The Morgan fingerprint density at radius 1 is 1.38 bits per heavy atom. The summed E-state index contributed by atoms with van der Waals surface area (Å²) in [6, 6.07) is 5.99. The zero-order valence-corrected chi connectivity index (χ0v) is 13.0. The van der Waals surface area contributed by atoms with Gasteiger partial charge in [0.1, 0.15) is 0 Å². The Hall–Kier alpha value is -1.70. The van der Waals surface area contributed by atoms with Crippen LogP contribution in [0.4, 0.5) is 0 Å². The van der Waals surface area contributed by atoms with Crippen molar-refractivity contribution in [2.75, 3.05) is 19.7 Å². The molecule has 0 fully saturated rings. The predicted octanol–water partition coefficient (Wildman–Crippen LogP) is 1.57. The zero-order chi connectivity index (χ0) is 16.3. The number of hydrogen-bond acceptors (Lipinski definition) is 5. The lowest BCUT2D eigenvalue weighted by Gasteiger charge is -2.00. The lowest BCUT2D eigenvalue weighted by molar-refractivity contribution is -0.141. The Balaban J connectivity index is 0.000000384. The second-order valence-electron chi connectivity index (χ2n) is 4.01. The highest BCUT2D eigenvalue weighted by atomic mass is 32.2. The molecule has 0 saturated carbocycles. The summed E-state index contributed by atoms with van der Waals surface area (Å²) in [6.45, 7) is 8.45. The van der Waals surface area contributed by atoms with Gasteiger partial charge < -0.3 is 10.1 Å². The molecule has 118 valence electrons. The van der Waals surface area contributed by atoms with Crippen molar-refractivity contribution in [1.82, 2.24) is 5.32 Å². The van der Waals surface area contributed by atoms with Crippen molar-refractivity contribution in [1.29, 1.82) is 0 Å². The highest BCUT2D eigenvalue weighted by molar-refractivity contribution is 7.85. The van der Waals surface area contributed by atoms with Gasteiger partial charge in [0, 0.05) is 6.54 Å². The minimum absolute atomic E-state index is 0.0666. The Morgan fingerprint density at radius 3 is 2.38 bits per heavy atom. The third-order valence-corrected chi connectivity index (χ3v) is 3.05. The van der Waals surface area contributed by atoms with Crippen LogP contribution < -0.4 is 5.32 Å². The number of esters is 1. The van der Waals surface area contributed by atoms with Gasteiger partial charge in [-0.3, -0.25) is 9.35 Å². The standard InChI is InChI=1S/C7H13NO2.C7H8O3S/c1-3-5-8-6-7(9)10-4-2;1-6-2-4-7(5-3-6)11(8,9)10/h3,8H,1,4-6H2,2H3;2-5H,1H3,(H,8,9,10). The van der Waals surface area contributed by atoms with E-state index in [0.717, 1.165) is 5.56 Å². The van der Waals surface area contributed by atoms with Gasteiger partial charge >= 0.3 is 5.97 Å².